The number of non-ortho nitro benzene ring substituents is 1. The van der Waals surface area contributed by atoms with Crippen molar-refractivity contribution in [2.45, 2.75) is 13.0 Å². The molecule has 0 aliphatic carbocycles. The van der Waals surface area contributed by atoms with E-state index in [1.165, 1.54) is 26.4 Å². The summed E-state index contributed by atoms with van der Waals surface area (Å²) in [4.78, 5) is 21.7. The number of carbonyl (C=O) groups excluding carboxylic acids is 1. The largest absolute Gasteiger partial charge is 0.493 e. The van der Waals surface area contributed by atoms with Crippen LogP contribution in [0.5, 0.6) is 11.5 Å². The smallest absolute Gasteiger partial charge is 0.346 e. The van der Waals surface area contributed by atoms with E-state index in [1.54, 1.807) is 31.2 Å². The van der Waals surface area contributed by atoms with Gasteiger partial charge in [0, 0.05) is 12.1 Å². The Morgan fingerprint density at radius 1 is 1.04 bits per heavy atom. The van der Waals surface area contributed by atoms with E-state index in [1.807, 2.05) is 18.2 Å². The normalized spacial score (nSPS) is 11.8. The summed E-state index contributed by atoms with van der Waals surface area (Å²) in [7, 11) is 2.81. The minimum atomic E-state index is -0.754. The first-order valence-corrected chi connectivity index (χ1v) is 7.79. The van der Waals surface area contributed by atoms with Crippen molar-refractivity contribution in [2.24, 2.45) is 0 Å². The van der Waals surface area contributed by atoms with Gasteiger partial charge >= 0.3 is 5.97 Å². The van der Waals surface area contributed by atoms with Crippen molar-refractivity contribution in [2.75, 3.05) is 14.2 Å². The second kappa shape index (κ2) is 8.66. The fraction of sp³-hybridized carbons (Fsp3) is 0.211. The molecule has 0 saturated heterocycles. The van der Waals surface area contributed by atoms with Gasteiger partial charge in [0.15, 0.2) is 17.6 Å². The zero-order valence-corrected chi connectivity index (χ0v) is 14.7. The summed E-state index contributed by atoms with van der Waals surface area (Å²) in [5.41, 5.74) is 1.72. The number of nitrogens with zero attached hydrogens (tertiary/aromatic N) is 1. The fourth-order valence-electron chi connectivity index (χ4n) is 2.19. The zero-order valence-electron chi connectivity index (χ0n) is 14.7. The highest BCUT2D eigenvalue weighted by Crippen LogP contribution is 2.30. The van der Waals surface area contributed by atoms with E-state index < -0.39 is 17.0 Å². The lowest BCUT2D eigenvalue weighted by Crippen LogP contribution is -2.25. The summed E-state index contributed by atoms with van der Waals surface area (Å²) < 4.78 is 15.5. The highest BCUT2D eigenvalue weighted by molar-refractivity contribution is 5.75. The van der Waals surface area contributed by atoms with E-state index in [2.05, 4.69) is 4.74 Å². The van der Waals surface area contributed by atoms with E-state index in [0.29, 0.717) is 11.5 Å². The number of nitro groups is 1. The summed E-state index contributed by atoms with van der Waals surface area (Å²) in [6, 6.07) is 11.5. The number of hydrogen-bond donors (Lipinski definition) is 0. The summed E-state index contributed by atoms with van der Waals surface area (Å²) in [5, 5.41) is 10.7. The molecule has 7 nitrogen and oxygen atoms in total. The predicted molar refractivity (Wildman–Crippen MR) is 97.1 cm³/mol. The van der Waals surface area contributed by atoms with Gasteiger partial charge in [-0.1, -0.05) is 18.2 Å². The van der Waals surface area contributed by atoms with Crippen LogP contribution in [0.15, 0.2) is 42.5 Å². The first-order valence-electron chi connectivity index (χ1n) is 7.79. The van der Waals surface area contributed by atoms with E-state index >= 15 is 0 Å². The van der Waals surface area contributed by atoms with Crippen molar-refractivity contribution in [3.8, 4) is 11.5 Å². The molecule has 0 aliphatic rings. The Bertz CT molecular complexity index is 813. The molecule has 0 aromatic heterocycles. The Balaban J connectivity index is 2.15. The van der Waals surface area contributed by atoms with Crippen LogP contribution in [0.4, 0.5) is 5.69 Å². The molecule has 7 heteroatoms. The Hall–Kier alpha value is -3.35. The maximum Gasteiger partial charge on any atom is 0.346 e. The van der Waals surface area contributed by atoms with Gasteiger partial charge in [0.25, 0.3) is 5.69 Å². The summed E-state index contributed by atoms with van der Waals surface area (Å²) in [5.74, 6) is 0.429. The molecule has 2 aromatic carbocycles. The molecule has 0 spiro atoms. The topological polar surface area (TPSA) is 87.9 Å². The van der Waals surface area contributed by atoms with Crippen molar-refractivity contribution in [3.05, 3.63) is 63.7 Å². The fourth-order valence-corrected chi connectivity index (χ4v) is 2.19. The number of rotatable bonds is 7. The third kappa shape index (κ3) is 4.83. The average molecular weight is 357 g/mol. The van der Waals surface area contributed by atoms with E-state index in [0.717, 1.165) is 11.1 Å². The van der Waals surface area contributed by atoms with Crippen LogP contribution in [0.3, 0.4) is 0 Å². The number of carbonyl (C=O) groups is 1. The van der Waals surface area contributed by atoms with Crippen molar-refractivity contribution in [1.82, 2.24) is 0 Å². The van der Waals surface area contributed by atoms with E-state index in [4.69, 9.17) is 9.47 Å². The molecule has 0 saturated carbocycles. The first-order chi connectivity index (χ1) is 12.4. The van der Waals surface area contributed by atoms with Crippen LogP contribution < -0.4 is 9.47 Å². The number of ether oxygens (including phenoxy) is 3. The lowest BCUT2D eigenvalue weighted by atomic mass is 10.1. The monoisotopic (exact) mass is 357 g/mol. The molecule has 1 atom stereocenters. The Morgan fingerprint density at radius 3 is 2.23 bits per heavy atom. The van der Waals surface area contributed by atoms with Gasteiger partial charge in [0.2, 0.25) is 0 Å². The number of esters is 1. The molecule has 2 aromatic rings. The summed E-state index contributed by atoms with van der Waals surface area (Å²) in [6.45, 7) is 1.59. The van der Waals surface area contributed by atoms with Crippen molar-refractivity contribution in [1.29, 1.82) is 0 Å². The number of hydrogen-bond acceptors (Lipinski definition) is 6. The molecule has 0 amide bonds. The lowest BCUT2D eigenvalue weighted by molar-refractivity contribution is -0.384. The summed E-state index contributed by atoms with van der Waals surface area (Å²) >= 11 is 0. The third-order valence-electron chi connectivity index (χ3n) is 3.60. The standard InChI is InChI=1S/C19H19NO6/c1-13(19(21)25-3)26-17-11-8-15(12-18(17)24-2)5-4-14-6-9-16(10-7-14)20(22)23/h4-13H,1-3H3/b5-4+/t13-/m1/s1. The highest BCUT2D eigenvalue weighted by Gasteiger charge is 2.17. The Kier molecular flexibility index (Phi) is 6.32. The van der Waals surface area contributed by atoms with E-state index in [-0.39, 0.29) is 5.69 Å². The van der Waals surface area contributed by atoms with Gasteiger partial charge in [-0.15, -0.1) is 0 Å². The number of nitro benzene ring substituents is 1. The van der Waals surface area contributed by atoms with Crippen molar-refractivity contribution < 1.29 is 23.9 Å². The van der Waals surface area contributed by atoms with Crippen molar-refractivity contribution >= 4 is 23.8 Å². The second-order valence-corrected chi connectivity index (χ2v) is 5.38. The van der Waals surface area contributed by atoms with Gasteiger partial charge in [-0.2, -0.15) is 0 Å². The van der Waals surface area contributed by atoms with Gasteiger partial charge in [-0.25, -0.2) is 4.79 Å². The van der Waals surface area contributed by atoms with E-state index in [9.17, 15) is 14.9 Å². The first kappa shape index (κ1) is 19.0. The number of methoxy groups -OCH3 is 2. The van der Waals surface area contributed by atoms with Gasteiger partial charge in [0.05, 0.1) is 19.1 Å². The minimum absolute atomic E-state index is 0.0463. The second-order valence-electron chi connectivity index (χ2n) is 5.38. The van der Waals surface area contributed by atoms with Gasteiger partial charge in [-0.05, 0) is 42.3 Å². The Morgan fingerprint density at radius 2 is 1.65 bits per heavy atom. The third-order valence-corrected chi connectivity index (χ3v) is 3.60. The van der Waals surface area contributed by atoms with Crippen LogP contribution in [0, 0.1) is 10.1 Å². The van der Waals surface area contributed by atoms with Crippen LogP contribution in [0.25, 0.3) is 12.2 Å². The maximum absolute atomic E-state index is 11.5. The molecule has 26 heavy (non-hydrogen) atoms. The predicted octanol–water partition coefficient (Wildman–Crippen LogP) is 3.71. The molecule has 0 fully saturated rings. The van der Waals surface area contributed by atoms with Crippen LogP contribution >= 0.6 is 0 Å². The number of benzene rings is 2. The molecule has 0 unspecified atom stereocenters. The molecule has 0 aliphatic heterocycles. The van der Waals surface area contributed by atoms with Gasteiger partial charge < -0.3 is 14.2 Å². The van der Waals surface area contributed by atoms with Crippen LogP contribution in [-0.2, 0) is 9.53 Å². The van der Waals surface area contributed by atoms with Crippen LogP contribution in [-0.4, -0.2) is 31.2 Å². The lowest BCUT2D eigenvalue weighted by Gasteiger charge is -2.15. The highest BCUT2D eigenvalue weighted by atomic mass is 16.6. The van der Waals surface area contributed by atoms with Crippen LogP contribution in [0.1, 0.15) is 18.1 Å². The van der Waals surface area contributed by atoms with Gasteiger partial charge in [-0.3, -0.25) is 10.1 Å². The Labute approximate surface area is 151 Å². The molecule has 0 heterocycles. The van der Waals surface area contributed by atoms with Gasteiger partial charge in [0.1, 0.15) is 0 Å². The van der Waals surface area contributed by atoms with Crippen LogP contribution in [0.2, 0.25) is 0 Å². The minimum Gasteiger partial charge on any atom is -0.493 e. The SMILES string of the molecule is COC(=O)[C@@H](C)Oc1ccc(/C=C/c2ccc([N+](=O)[O-])cc2)cc1OC. The molecule has 0 N–H and O–H groups in total. The van der Waals surface area contributed by atoms with Crippen molar-refractivity contribution in [3.63, 3.8) is 0 Å². The molecule has 136 valence electrons. The quantitative estimate of drug-likeness (QED) is 0.325. The molecule has 0 radical (unpaired) electrons. The average Bonchev–Trinajstić information content (AvgIpc) is 2.66. The molecule has 0 bridgehead atoms. The summed E-state index contributed by atoms with van der Waals surface area (Å²) in [6.07, 6.45) is 2.92. The molecule has 2 rings (SSSR count). The maximum atomic E-state index is 11.5. The molecular weight excluding hydrogens is 338 g/mol. The zero-order chi connectivity index (χ0) is 19.1. The molecular formula is C19H19NO6.